The molecule has 1 saturated heterocycles. The van der Waals surface area contributed by atoms with Crippen LogP contribution in [-0.4, -0.2) is 33.9 Å². The maximum Gasteiger partial charge on any atom is 0.223 e. The molecule has 3 nitrogen and oxygen atoms in total. The van der Waals surface area contributed by atoms with Gasteiger partial charge in [0.2, 0.25) is 9.70 Å². The number of hydrogen-bond donors (Lipinski definition) is 1. The second-order valence-corrected chi connectivity index (χ2v) is 7.43. The summed E-state index contributed by atoms with van der Waals surface area (Å²) in [5.41, 5.74) is 0. The lowest BCUT2D eigenvalue weighted by atomic mass is 10.2. The zero-order valence-corrected chi connectivity index (χ0v) is 13.2. The van der Waals surface area contributed by atoms with Gasteiger partial charge < -0.3 is 5.32 Å². The zero-order valence-electron chi connectivity index (χ0n) is 10.9. The summed E-state index contributed by atoms with van der Waals surface area (Å²) in [5.74, 6) is -0.206. The van der Waals surface area contributed by atoms with Crippen LogP contribution in [0.5, 0.6) is 0 Å². The summed E-state index contributed by atoms with van der Waals surface area (Å²) in [6.07, 6.45) is 4.00. The number of nitrogens with one attached hydrogen (secondary N) is 1. The van der Waals surface area contributed by atoms with Crippen LogP contribution >= 0.6 is 34.8 Å². The predicted octanol–water partition coefficient (Wildman–Crippen LogP) is 3.33. The lowest BCUT2D eigenvalue weighted by Crippen LogP contribution is -2.56. The number of carbonyl (C=O) groups is 1. The van der Waals surface area contributed by atoms with Crippen LogP contribution in [0.15, 0.2) is 0 Å². The molecule has 18 heavy (non-hydrogen) atoms. The van der Waals surface area contributed by atoms with Gasteiger partial charge in [0.1, 0.15) is 6.17 Å². The Hall–Kier alpha value is 0.300. The molecule has 1 heterocycles. The van der Waals surface area contributed by atoms with Crippen molar-refractivity contribution in [2.75, 3.05) is 13.1 Å². The van der Waals surface area contributed by atoms with Gasteiger partial charge in [0, 0.05) is 19.0 Å². The van der Waals surface area contributed by atoms with Gasteiger partial charge in [-0.15, -0.1) is 0 Å². The minimum absolute atomic E-state index is 0.0874. The molecule has 1 atom stereocenters. The van der Waals surface area contributed by atoms with Crippen molar-refractivity contribution in [3.05, 3.63) is 0 Å². The highest BCUT2D eigenvalue weighted by Crippen LogP contribution is 2.33. The van der Waals surface area contributed by atoms with E-state index in [1.807, 2.05) is 13.8 Å². The Labute approximate surface area is 124 Å². The molecule has 1 N–H and O–H groups in total. The van der Waals surface area contributed by atoms with Crippen molar-refractivity contribution in [1.82, 2.24) is 10.2 Å². The smallest absolute Gasteiger partial charge is 0.223 e. The highest BCUT2D eigenvalue weighted by Gasteiger charge is 2.38. The van der Waals surface area contributed by atoms with Gasteiger partial charge in [0.15, 0.2) is 0 Å². The largest absolute Gasteiger partial charge is 0.336 e. The standard InChI is InChI=1S/C12H21Cl3N2O/c1-9(2)10(18)16-11(12(13,14)15)17-7-5-3-4-6-8-17/h9,11H,3-8H2,1-2H3,(H,16,18)/t11-/m0/s1. The molecule has 0 bridgehead atoms. The van der Waals surface area contributed by atoms with E-state index in [1.165, 1.54) is 12.8 Å². The van der Waals surface area contributed by atoms with E-state index >= 15 is 0 Å². The molecule has 0 aromatic heterocycles. The van der Waals surface area contributed by atoms with Crippen LogP contribution in [-0.2, 0) is 4.79 Å². The van der Waals surface area contributed by atoms with E-state index in [9.17, 15) is 4.79 Å². The Morgan fingerprint density at radius 2 is 1.61 bits per heavy atom. The molecule has 106 valence electrons. The Bertz CT molecular complexity index is 271. The maximum absolute atomic E-state index is 11.8. The van der Waals surface area contributed by atoms with E-state index in [1.54, 1.807) is 0 Å². The molecule has 0 saturated carbocycles. The van der Waals surface area contributed by atoms with Crippen molar-refractivity contribution >= 4 is 40.7 Å². The lowest BCUT2D eigenvalue weighted by molar-refractivity contribution is -0.126. The first-order valence-corrected chi connectivity index (χ1v) is 7.57. The van der Waals surface area contributed by atoms with Gasteiger partial charge in [0.25, 0.3) is 0 Å². The first-order chi connectivity index (χ1) is 8.32. The number of alkyl halides is 3. The number of nitrogens with zero attached hydrogens (tertiary/aromatic N) is 1. The number of halogens is 3. The molecule has 1 rings (SSSR count). The van der Waals surface area contributed by atoms with Gasteiger partial charge in [-0.05, 0) is 12.8 Å². The van der Waals surface area contributed by atoms with Crippen LogP contribution in [0.3, 0.4) is 0 Å². The third kappa shape index (κ3) is 5.12. The topological polar surface area (TPSA) is 32.3 Å². The molecule has 1 aliphatic heterocycles. The van der Waals surface area contributed by atoms with Crippen molar-refractivity contribution in [3.63, 3.8) is 0 Å². The number of rotatable bonds is 3. The average Bonchev–Trinajstić information content (AvgIpc) is 2.51. The molecular formula is C12H21Cl3N2O. The summed E-state index contributed by atoms with van der Waals surface area (Å²) in [6.45, 7) is 5.37. The second-order valence-electron chi connectivity index (χ2n) is 5.06. The van der Waals surface area contributed by atoms with E-state index in [0.29, 0.717) is 0 Å². The second kappa shape index (κ2) is 7.18. The van der Waals surface area contributed by atoms with Crippen molar-refractivity contribution in [1.29, 1.82) is 0 Å². The van der Waals surface area contributed by atoms with E-state index < -0.39 is 9.96 Å². The van der Waals surface area contributed by atoms with Gasteiger partial charge in [-0.1, -0.05) is 61.5 Å². The Morgan fingerprint density at radius 3 is 2.00 bits per heavy atom. The molecular weight excluding hydrogens is 295 g/mol. The van der Waals surface area contributed by atoms with Gasteiger partial charge in [-0.3, -0.25) is 9.69 Å². The van der Waals surface area contributed by atoms with Crippen LogP contribution in [0, 0.1) is 5.92 Å². The summed E-state index contributed by atoms with van der Waals surface area (Å²) in [6, 6.07) is 0. The Balaban J connectivity index is 2.74. The van der Waals surface area contributed by atoms with Gasteiger partial charge in [-0.2, -0.15) is 0 Å². The van der Waals surface area contributed by atoms with Gasteiger partial charge >= 0.3 is 0 Å². The molecule has 0 aromatic carbocycles. The highest BCUT2D eigenvalue weighted by atomic mass is 35.6. The van der Waals surface area contributed by atoms with Gasteiger partial charge in [-0.25, -0.2) is 0 Å². The molecule has 0 aliphatic carbocycles. The normalized spacial score (nSPS) is 20.6. The van der Waals surface area contributed by atoms with Crippen LogP contribution in [0.2, 0.25) is 0 Å². The fourth-order valence-corrected chi connectivity index (χ4v) is 2.61. The zero-order chi connectivity index (χ0) is 13.8. The van der Waals surface area contributed by atoms with Crippen LogP contribution in [0.25, 0.3) is 0 Å². The predicted molar refractivity (Wildman–Crippen MR) is 77.1 cm³/mol. The summed E-state index contributed by atoms with van der Waals surface area (Å²) in [4.78, 5) is 13.9. The van der Waals surface area contributed by atoms with Crippen LogP contribution < -0.4 is 5.32 Å². The molecule has 0 aromatic rings. The number of amides is 1. The van der Waals surface area contributed by atoms with Crippen molar-refractivity contribution in [2.45, 2.75) is 49.5 Å². The Kier molecular flexibility index (Phi) is 6.52. The summed E-state index contributed by atoms with van der Waals surface area (Å²) in [5, 5.41) is 2.85. The van der Waals surface area contributed by atoms with E-state index in [-0.39, 0.29) is 11.8 Å². The number of likely N-dealkylation sites (tertiary alicyclic amines) is 1. The van der Waals surface area contributed by atoms with Crippen molar-refractivity contribution in [3.8, 4) is 0 Å². The minimum atomic E-state index is -1.51. The van der Waals surface area contributed by atoms with Crippen LogP contribution in [0.4, 0.5) is 0 Å². The third-order valence-corrected chi connectivity index (χ3v) is 3.74. The quantitative estimate of drug-likeness (QED) is 0.810. The molecule has 1 fully saturated rings. The molecule has 0 spiro atoms. The monoisotopic (exact) mass is 314 g/mol. The first-order valence-electron chi connectivity index (χ1n) is 6.43. The molecule has 0 unspecified atom stereocenters. The number of hydrogen-bond acceptors (Lipinski definition) is 2. The molecule has 0 radical (unpaired) electrons. The van der Waals surface area contributed by atoms with E-state index in [0.717, 1.165) is 25.9 Å². The molecule has 6 heteroatoms. The molecule has 1 aliphatic rings. The summed E-state index contributed by atoms with van der Waals surface area (Å²) < 4.78 is -1.51. The van der Waals surface area contributed by atoms with E-state index in [4.69, 9.17) is 34.8 Å². The Morgan fingerprint density at radius 1 is 1.11 bits per heavy atom. The fraction of sp³-hybridized carbons (Fsp3) is 0.917. The van der Waals surface area contributed by atoms with Crippen molar-refractivity contribution in [2.24, 2.45) is 5.92 Å². The fourth-order valence-electron chi connectivity index (χ4n) is 2.03. The maximum atomic E-state index is 11.8. The first kappa shape index (κ1) is 16.4. The van der Waals surface area contributed by atoms with E-state index in [2.05, 4.69) is 10.2 Å². The average molecular weight is 316 g/mol. The SMILES string of the molecule is CC(C)C(=O)N[C@@H](N1CCCCCC1)C(Cl)(Cl)Cl. The number of carbonyl (C=O) groups excluding carboxylic acids is 1. The molecule has 1 amide bonds. The summed E-state index contributed by atoms with van der Waals surface area (Å²) >= 11 is 18.0. The highest BCUT2D eigenvalue weighted by molar-refractivity contribution is 6.68. The lowest BCUT2D eigenvalue weighted by Gasteiger charge is -2.36. The van der Waals surface area contributed by atoms with Crippen molar-refractivity contribution < 1.29 is 4.79 Å². The summed E-state index contributed by atoms with van der Waals surface area (Å²) in [7, 11) is 0. The van der Waals surface area contributed by atoms with Crippen LogP contribution in [0.1, 0.15) is 39.5 Å². The van der Waals surface area contributed by atoms with Gasteiger partial charge in [0.05, 0.1) is 0 Å². The third-order valence-electron chi connectivity index (χ3n) is 3.12. The minimum Gasteiger partial charge on any atom is -0.336 e.